The number of nitrogens with one attached hydrogen (secondary N) is 1. The number of benzene rings is 1. The second-order valence-corrected chi connectivity index (χ2v) is 6.68. The summed E-state index contributed by atoms with van der Waals surface area (Å²) in [5, 5.41) is -0.424. The summed E-state index contributed by atoms with van der Waals surface area (Å²) >= 11 is 10.6. The lowest BCUT2D eigenvalue weighted by atomic mass is 10.2. The highest BCUT2D eigenvalue weighted by molar-refractivity contribution is 7.95. The van der Waals surface area contributed by atoms with Crippen molar-refractivity contribution in [3.63, 3.8) is 0 Å². The SMILES string of the molecule is CCC(C(N)=S)S(=O)(=O)Nc1cc(Cl)ccc1C. The Morgan fingerprint density at radius 2 is 2.17 bits per heavy atom. The zero-order valence-corrected chi connectivity index (χ0v) is 12.5. The maximum absolute atomic E-state index is 12.1. The number of halogens is 1. The third kappa shape index (κ3) is 3.57. The van der Waals surface area contributed by atoms with Gasteiger partial charge in [-0.1, -0.05) is 36.8 Å². The molecule has 0 aliphatic heterocycles. The highest BCUT2D eigenvalue weighted by Crippen LogP contribution is 2.22. The molecule has 18 heavy (non-hydrogen) atoms. The van der Waals surface area contributed by atoms with Gasteiger partial charge in [-0.2, -0.15) is 0 Å². The Balaban J connectivity index is 3.09. The Labute approximate surface area is 118 Å². The van der Waals surface area contributed by atoms with Crippen molar-refractivity contribution in [1.82, 2.24) is 0 Å². The Hall–Kier alpha value is -0.850. The van der Waals surface area contributed by atoms with Crippen LogP contribution in [0.15, 0.2) is 18.2 Å². The van der Waals surface area contributed by atoms with Gasteiger partial charge < -0.3 is 5.73 Å². The summed E-state index contributed by atoms with van der Waals surface area (Å²) in [5.41, 5.74) is 6.66. The molecule has 0 spiro atoms. The van der Waals surface area contributed by atoms with Crippen molar-refractivity contribution < 1.29 is 8.42 Å². The molecule has 0 aliphatic carbocycles. The molecule has 100 valence electrons. The minimum absolute atomic E-state index is 0.0373. The number of thiocarbonyl (C=S) groups is 1. The van der Waals surface area contributed by atoms with Crippen LogP contribution in [0.3, 0.4) is 0 Å². The van der Waals surface area contributed by atoms with Gasteiger partial charge >= 0.3 is 0 Å². The molecule has 0 saturated heterocycles. The summed E-state index contributed by atoms with van der Waals surface area (Å²) in [6, 6.07) is 4.99. The summed E-state index contributed by atoms with van der Waals surface area (Å²) < 4.78 is 26.7. The average Bonchev–Trinajstić information content (AvgIpc) is 2.22. The second kappa shape index (κ2) is 5.86. The quantitative estimate of drug-likeness (QED) is 0.820. The monoisotopic (exact) mass is 306 g/mol. The van der Waals surface area contributed by atoms with Crippen LogP contribution < -0.4 is 10.5 Å². The van der Waals surface area contributed by atoms with Gasteiger partial charge in [0.1, 0.15) is 5.25 Å². The smallest absolute Gasteiger partial charge is 0.242 e. The summed E-state index contributed by atoms with van der Waals surface area (Å²) in [6.45, 7) is 3.50. The van der Waals surface area contributed by atoms with Crippen LogP contribution in [0.1, 0.15) is 18.9 Å². The second-order valence-electron chi connectivity index (χ2n) is 3.91. The van der Waals surface area contributed by atoms with E-state index < -0.39 is 15.3 Å². The molecule has 1 unspecified atom stereocenters. The van der Waals surface area contributed by atoms with Crippen molar-refractivity contribution in [3.05, 3.63) is 28.8 Å². The van der Waals surface area contributed by atoms with Gasteiger partial charge in [-0.15, -0.1) is 0 Å². The molecular formula is C11H15ClN2O2S2. The Kier molecular flexibility index (Phi) is 4.95. The lowest BCUT2D eigenvalue weighted by molar-refractivity contribution is 0.594. The van der Waals surface area contributed by atoms with E-state index in [-0.39, 0.29) is 4.99 Å². The van der Waals surface area contributed by atoms with E-state index in [9.17, 15) is 8.42 Å². The van der Waals surface area contributed by atoms with Crippen LogP contribution in [0.4, 0.5) is 5.69 Å². The summed E-state index contributed by atoms with van der Waals surface area (Å²) in [7, 11) is -3.64. The van der Waals surface area contributed by atoms with E-state index in [1.54, 1.807) is 32.0 Å². The van der Waals surface area contributed by atoms with Gasteiger partial charge in [0.15, 0.2) is 0 Å². The van der Waals surface area contributed by atoms with Gasteiger partial charge in [0.2, 0.25) is 10.0 Å². The summed E-state index contributed by atoms with van der Waals surface area (Å²) in [6.07, 6.45) is 0.324. The molecule has 4 nitrogen and oxygen atoms in total. The topological polar surface area (TPSA) is 72.2 Å². The van der Waals surface area contributed by atoms with Gasteiger partial charge in [-0.05, 0) is 31.0 Å². The average molecular weight is 307 g/mol. The fourth-order valence-electron chi connectivity index (χ4n) is 1.50. The standard InChI is InChI=1S/C11H15ClN2O2S2/c1-3-10(11(13)17)18(15,16)14-9-6-8(12)5-4-7(9)2/h4-6,10,14H,3H2,1-2H3,(H2,13,17). The number of sulfonamides is 1. The maximum Gasteiger partial charge on any atom is 0.242 e. The zero-order chi connectivity index (χ0) is 13.9. The zero-order valence-electron chi connectivity index (χ0n) is 10.1. The van der Waals surface area contributed by atoms with E-state index in [1.807, 2.05) is 0 Å². The Morgan fingerprint density at radius 1 is 1.56 bits per heavy atom. The van der Waals surface area contributed by atoms with E-state index in [0.717, 1.165) is 5.56 Å². The highest BCUT2D eigenvalue weighted by Gasteiger charge is 2.26. The van der Waals surface area contributed by atoms with Gasteiger partial charge in [0.25, 0.3) is 0 Å². The van der Waals surface area contributed by atoms with Crippen LogP contribution in [-0.4, -0.2) is 18.7 Å². The molecule has 0 bridgehead atoms. The third-order valence-corrected chi connectivity index (χ3v) is 5.02. The van der Waals surface area contributed by atoms with Gasteiger partial charge in [0, 0.05) is 5.02 Å². The molecule has 7 heteroatoms. The van der Waals surface area contributed by atoms with Crippen LogP contribution in [0.25, 0.3) is 0 Å². The van der Waals surface area contributed by atoms with E-state index in [1.165, 1.54) is 0 Å². The first-order chi connectivity index (χ1) is 8.27. The maximum atomic E-state index is 12.1. The number of nitrogens with two attached hydrogens (primary N) is 1. The van der Waals surface area contributed by atoms with Crippen molar-refractivity contribution in [2.75, 3.05) is 4.72 Å². The fraction of sp³-hybridized carbons (Fsp3) is 0.364. The predicted octanol–water partition coefficient (Wildman–Crippen LogP) is 2.45. The lowest BCUT2D eigenvalue weighted by Gasteiger charge is -2.17. The molecule has 0 aromatic heterocycles. The number of anilines is 1. The normalized spacial score (nSPS) is 13.1. The predicted molar refractivity (Wildman–Crippen MR) is 79.6 cm³/mol. The molecule has 0 fully saturated rings. The molecule has 1 aromatic rings. The van der Waals surface area contributed by atoms with E-state index >= 15 is 0 Å². The number of rotatable bonds is 5. The van der Waals surface area contributed by atoms with Crippen LogP contribution >= 0.6 is 23.8 Å². The third-order valence-electron chi connectivity index (χ3n) is 2.51. The number of aryl methyl sites for hydroxylation is 1. The molecular weight excluding hydrogens is 292 g/mol. The minimum Gasteiger partial charge on any atom is -0.392 e. The van der Waals surface area contributed by atoms with Gasteiger partial charge in [0.05, 0.1) is 10.7 Å². The largest absolute Gasteiger partial charge is 0.392 e. The summed E-state index contributed by atoms with van der Waals surface area (Å²) in [4.78, 5) is -0.0373. The Bertz CT molecular complexity index is 558. The van der Waals surface area contributed by atoms with Crippen molar-refractivity contribution in [2.45, 2.75) is 25.5 Å². The van der Waals surface area contributed by atoms with Crippen LogP contribution in [0.5, 0.6) is 0 Å². The van der Waals surface area contributed by atoms with Crippen LogP contribution in [-0.2, 0) is 10.0 Å². The van der Waals surface area contributed by atoms with Crippen molar-refractivity contribution in [1.29, 1.82) is 0 Å². The first-order valence-electron chi connectivity index (χ1n) is 5.35. The minimum atomic E-state index is -3.64. The highest BCUT2D eigenvalue weighted by atomic mass is 35.5. The van der Waals surface area contributed by atoms with Gasteiger partial charge in [-0.3, -0.25) is 4.72 Å². The van der Waals surface area contributed by atoms with E-state index in [2.05, 4.69) is 4.72 Å². The van der Waals surface area contributed by atoms with Crippen LogP contribution in [0.2, 0.25) is 5.02 Å². The number of hydrogen-bond acceptors (Lipinski definition) is 3. The summed E-state index contributed by atoms with van der Waals surface area (Å²) in [5.74, 6) is 0. The molecule has 0 heterocycles. The van der Waals surface area contributed by atoms with Crippen LogP contribution in [0, 0.1) is 6.92 Å². The molecule has 0 radical (unpaired) electrons. The lowest BCUT2D eigenvalue weighted by Crippen LogP contribution is -2.37. The van der Waals surface area contributed by atoms with Crippen molar-refractivity contribution in [2.24, 2.45) is 5.73 Å². The molecule has 0 amide bonds. The Morgan fingerprint density at radius 3 is 2.67 bits per heavy atom. The van der Waals surface area contributed by atoms with E-state index in [4.69, 9.17) is 29.6 Å². The molecule has 1 aromatic carbocycles. The molecule has 1 rings (SSSR count). The molecule has 0 saturated carbocycles. The van der Waals surface area contributed by atoms with E-state index in [0.29, 0.717) is 17.1 Å². The van der Waals surface area contributed by atoms with Crippen molar-refractivity contribution >= 4 is 44.5 Å². The first-order valence-corrected chi connectivity index (χ1v) is 7.68. The molecule has 0 aliphatic rings. The van der Waals surface area contributed by atoms with Crippen molar-refractivity contribution in [3.8, 4) is 0 Å². The number of hydrogen-bond donors (Lipinski definition) is 2. The van der Waals surface area contributed by atoms with Gasteiger partial charge in [-0.25, -0.2) is 8.42 Å². The molecule has 3 N–H and O–H groups in total. The molecule has 1 atom stereocenters. The fourth-order valence-corrected chi connectivity index (χ4v) is 3.63. The first kappa shape index (κ1) is 15.2.